The van der Waals surface area contributed by atoms with E-state index in [1.807, 2.05) is 19.1 Å². The highest BCUT2D eigenvalue weighted by molar-refractivity contribution is 5.54. The van der Waals surface area contributed by atoms with Gasteiger partial charge in [0.25, 0.3) is 0 Å². The molecule has 0 aromatic carbocycles. The smallest absolute Gasteiger partial charge is 0.123 e. The van der Waals surface area contributed by atoms with Crippen molar-refractivity contribution in [1.82, 2.24) is 14.8 Å². The van der Waals surface area contributed by atoms with Crippen molar-refractivity contribution in [1.29, 1.82) is 0 Å². The molecule has 1 heterocycles. The number of rotatable bonds is 3. The summed E-state index contributed by atoms with van der Waals surface area (Å²) in [6, 6.07) is 0. The van der Waals surface area contributed by atoms with Gasteiger partial charge < -0.3 is 0 Å². The third-order valence-electron chi connectivity index (χ3n) is 1.31. The maximum Gasteiger partial charge on any atom is 0.123 e. The highest BCUT2D eigenvalue weighted by Gasteiger charge is 1.90. The van der Waals surface area contributed by atoms with Crippen LogP contribution in [0.1, 0.15) is 6.92 Å². The van der Waals surface area contributed by atoms with Gasteiger partial charge in [0.2, 0.25) is 0 Å². The summed E-state index contributed by atoms with van der Waals surface area (Å²) in [7, 11) is 0. The average molecular weight is 161 g/mol. The first-order valence-corrected chi connectivity index (χ1v) is 3.57. The number of aromatic nitrogens is 3. The van der Waals surface area contributed by atoms with Gasteiger partial charge in [0.15, 0.2) is 0 Å². The molecule has 0 amide bonds. The van der Waals surface area contributed by atoms with Gasteiger partial charge in [-0.3, -0.25) is 4.57 Å². The Balaban J connectivity index is 2.68. The van der Waals surface area contributed by atoms with Crippen LogP contribution in [-0.4, -0.2) is 14.8 Å². The predicted molar refractivity (Wildman–Crippen MR) is 49.3 cm³/mol. The molecule has 0 radical (unpaired) electrons. The zero-order chi connectivity index (χ0) is 8.97. The van der Waals surface area contributed by atoms with Gasteiger partial charge in [0.05, 0.1) is 0 Å². The minimum Gasteiger partial charge on any atom is -0.289 e. The summed E-state index contributed by atoms with van der Waals surface area (Å²) in [5, 5.41) is 7.33. The molecule has 1 rings (SSSR count). The van der Waals surface area contributed by atoms with E-state index in [9.17, 15) is 0 Å². The summed E-state index contributed by atoms with van der Waals surface area (Å²) in [5.41, 5.74) is 1.81. The number of allylic oxidation sites excluding steroid dienone is 4. The molecule has 1 aromatic heterocycles. The van der Waals surface area contributed by atoms with Gasteiger partial charge in [-0.25, -0.2) is 0 Å². The van der Waals surface area contributed by atoms with Gasteiger partial charge >= 0.3 is 0 Å². The van der Waals surface area contributed by atoms with Gasteiger partial charge in [0, 0.05) is 5.70 Å². The van der Waals surface area contributed by atoms with Crippen molar-refractivity contribution in [2.45, 2.75) is 6.92 Å². The van der Waals surface area contributed by atoms with Gasteiger partial charge in [-0.1, -0.05) is 24.8 Å². The topological polar surface area (TPSA) is 30.7 Å². The Morgan fingerprint density at radius 1 is 1.25 bits per heavy atom. The molecule has 0 fully saturated rings. The largest absolute Gasteiger partial charge is 0.289 e. The molecule has 0 aliphatic heterocycles. The average Bonchev–Trinajstić information content (AvgIpc) is 2.51. The minimum atomic E-state index is 0.822. The van der Waals surface area contributed by atoms with Gasteiger partial charge in [-0.2, -0.15) is 0 Å². The monoisotopic (exact) mass is 161 g/mol. The van der Waals surface area contributed by atoms with Crippen molar-refractivity contribution in [2.24, 2.45) is 0 Å². The van der Waals surface area contributed by atoms with Crippen molar-refractivity contribution in [3.05, 3.63) is 43.5 Å². The molecule has 0 aliphatic rings. The van der Waals surface area contributed by atoms with E-state index in [1.54, 1.807) is 17.2 Å². The SMILES string of the molecule is C=C(C)/C=C\C(=C)n1cnnc1. The maximum atomic E-state index is 3.82. The van der Waals surface area contributed by atoms with E-state index < -0.39 is 0 Å². The van der Waals surface area contributed by atoms with Crippen molar-refractivity contribution in [3.8, 4) is 0 Å². The van der Waals surface area contributed by atoms with Crippen LogP contribution in [0.15, 0.2) is 43.5 Å². The van der Waals surface area contributed by atoms with Crippen LogP contribution in [0.4, 0.5) is 0 Å². The molecule has 3 heteroatoms. The van der Waals surface area contributed by atoms with Crippen molar-refractivity contribution in [3.63, 3.8) is 0 Å². The van der Waals surface area contributed by atoms with Crippen molar-refractivity contribution >= 4 is 5.70 Å². The lowest BCUT2D eigenvalue weighted by Gasteiger charge is -1.97. The Hall–Kier alpha value is -1.64. The van der Waals surface area contributed by atoms with Crippen LogP contribution in [0.5, 0.6) is 0 Å². The Kier molecular flexibility index (Phi) is 2.58. The Labute approximate surface area is 71.7 Å². The van der Waals surface area contributed by atoms with E-state index in [0.29, 0.717) is 0 Å². The van der Waals surface area contributed by atoms with Gasteiger partial charge in [-0.15, -0.1) is 10.2 Å². The molecular weight excluding hydrogens is 150 g/mol. The lowest BCUT2D eigenvalue weighted by atomic mass is 10.3. The summed E-state index contributed by atoms with van der Waals surface area (Å²) < 4.78 is 1.74. The first kappa shape index (κ1) is 8.46. The Bertz CT molecular complexity index is 307. The molecule has 0 unspecified atom stereocenters. The van der Waals surface area contributed by atoms with E-state index in [1.165, 1.54) is 0 Å². The normalized spacial score (nSPS) is 10.4. The van der Waals surface area contributed by atoms with Crippen LogP contribution in [0, 0.1) is 0 Å². The third kappa shape index (κ3) is 2.20. The van der Waals surface area contributed by atoms with E-state index in [0.717, 1.165) is 11.3 Å². The predicted octanol–water partition coefficient (Wildman–Crippen LogP) is 1.88. The Morgan fingerprint density at radius 2 is 1.83 bits per heavy atom. The lowest BCUT2D eigenvalue weighted by Crippen LogP contribution is -1.87. The van der Waals surface area contributed by atoms with Crippen molar-refractivity contribution < 1.29 is 0 Å². The molecule has 0 saturated carbocycles. The van der Waals surface area contributed by atoms with Crippen molar-refractivity contribution in [2.75, 3.05) is 0 Å². The van der Waals surface area contributed by atoms with E-state index in [4.69, 9.17) is 0 Å². The zero-order valence-electron chi connectivity index (χ0n) is 7.07. The molecule has 0 saturated heterocycles. The second kappa shape index (κ2) is 3.67. The molecular formula is C9H11N3. The lowest BCUT2D eigenvalue weighted by molar-refractivity contribution is 1.09. The molecule has 3 nitrogen and oxygen atoms in total. The van der Waals surface area contributed by atoms with Crippen LogP contribution in [0.3, 0.4) is 0 Å². The second-order valence-electron chi connectivity index (χ2n) is 2.54. The van der Waals surface area contributed by atoms with E-state index >= 15 is 0 Å². The fourth-order valence-corrected chi connectivity index (χ4v) is 0.674. The summed E-state index contributed by atoms with van der Waals surface area (Å²) in [4.78, 5) is 0. The van der Waals surface area contributed by atoms with Crippen LogP contribution in [0.2, 0.25) is 0 Å². The molecule has 0 aliphatic carbocycles. The van der Waals surface area contributed by atoms with Crippen LogP contribution in [0.25, 0.3) is 5.70 Å². The molecule has 0 spiro atoms. The molecule has 62 valence electrons. The first-order valence-electron chi connectivity index (χ1n) is 3.57. The van der Waals surface area contributed by atoms with Gasteiger partial charge in [-0.05, 0) is 13.0 Å². The quantitative estimate of drug-likeness (QED) is 0.634. The summed E-state index contributed by atoms with van der Waals surface area (Å²) in [5.74, 6) is 0. The summed E-state index contributed by atoms with van der Waals surface area (Å²) in [6.07, 6.45) is 6.96. The summed E-state index contributed by atoms with van der Waals surface area (Å²) in [6.45, 7) is 9.49. The maximum absolute atomic E-state index is 3.82. The molecule has 0 atom stereocenters. The second-order valence-corrected chi connectivity index (χ2v) is 2.54. The van der Waals surface area contributed by atoms with Gasteiger partial charge in [0.1, 0.15) is 12.7 Å². The summed E-state index contributed by atoms with van der Waals surface area (Å²) >= 11 is 0. The molecule has 1 aromatic rings. The standard InChI is InChI=1S/C9H11N3/c1-8(2)4-5-9(3)12-6-10-11-7-12/h4-7H,1,3H2,2H3/b5-4-. The van der Waals surface area contributed by atoms with E-state index in [-0.39, 0.29) is 0 Å². The highest BCUT2D eigenvalue weighted by atomic mass is 15.2. The van der Waals surface area contributed by atoms with Crippen LogP contribution >= 0.6 is 0 Å². The first-order chi connectivity index (χ1) is 5.70. The number of hydrogen-bond donors (Lipinski definition) is 0. The molecule has 0 N–H and O–H groups in total. The number of nitrogens with zero attached hydrogens (tertiary/aromatic N) is 3. The minimum absolute atomic E-state index is 0.822. The molecule has 12 heavy (non-hydrogen) atoms. The number of hydrogen-bond acceptors (Lipinski definition) is 2. The van der Waals surface area contributed by atoms with Crippen LogP contribution < -0.4 is 0 Å². The van der Waals surface area contributed by atoms with E-state index in [2.05, 4.69) is 23.4 Å². The Morgan fingerprint density at radius 3 is 2.33 bits per heavy atom. The fourth-order valence-electron chi connectivity index (χ4n) is 0.674. The third-order valence-corrected chi connectivity index (χ3v) is 1.31. The fraction of sp³-hybridized carbons (Fsp3) is 0.111. The highest BCUT2D eigenvalue weighted by Crippen LogP contribution is 2.02. The van der Waals surface area contributed by atoms with Crippen LogP contribution in [-0.2, 0) is 0 Å². The zero-order valence-corrected chi connectivity index (χ0v) is 7.07. The molecule has 0 bridgehead atoms.